The van der Waals surface area contributed by atoms with Gasteiger partial charge in [0.2, 0.25) is 0 Å². The SMILES string of the molecule is Cc1ccc([Si](c2ccc(C)cc2)(c2ccc(P(=O)(c3ccccc3)c3ccccc3)cc2)c2ccc(P(=O)(c3ccccc3)c3ccccc3)cc2)cc1. The number of aryl methyl sites for hydroxylation is 2. The van der Waals surface area contributed by atoms with Gasteiger partial charge >= 0.3 is 0 Å². The summed E-state index contributed by atoms with van der Waals surface area (Å²) in [6.45, 7) is 4.25. The second kappa shape index (κ2) is 15.3. The van der Waals surface area contributed by atoms with Crippen LogP contribution in [0.3, 0.4) is 0 Å². The Labute approximate surface area is 326 Å². The second-order valence-corrected chi connectivity index (χ2v) is 23.5. The Morgan fingerprint density at radius 1 is 0.273 bits per heavy atom. The van der Waals surface area contributed by atoms with E-state index in [0.29, 0.717) is 0 Å². The summed E-state index contributed by atoms with van der Waals surface area (Å²) in [6.07, 6.45) is 0. The summed E-state index contributed by atoms with van der Waals surface area (Å²) in [7, 11) is -9.36. The normalized spacial score (nSPS) is 12.0. The number of hydrogen-bond donors (Lipinski definition) is 0. The maximum Gasteiger partial charge on any atom is 0.179 e. The van der Waals surface area contributed by atoms with Crippen molar-refractivity contribution in [2.75, 3.05) is 0 Å². The Morgan fingerprint density at radius 2 is 0.473 bits per heavy atom. The van der Waals surface area contributed by atoms with E-state index < -0.39 is 22.4 Å². The van der Waals surface area contributed by atoms with Gasteiger partial charge in [0, 0.05) is 31.8 Å². The van der Waals surface area contributed by atoms with E-state index in [1.54, 1.807) is 0 Å². The van der Waals surface area contributed by atoms with Gasteiger partial charge in [-0.3, -0.25) is 0 Å². The largest absolute Gasteiger partial charge is 0.309 e. The molecule has 5 heteroatoms. The van der Waals surface area contributed by atoms with Gasteiger partial charge < -0.3 is 9.13 Å². The molecule has 0 heterocycles. The summed E-state index contributed by atoms with van der Waals surface area (Å²) in [5, 5.41) is 9.68. The van der Waals surface area contributed by atoms with Crippen molar-refractivity contribution in [2.45, 2.75) is 13.8 Å². The van der Waals surface area contributed by atoms with Crippen molar-refractivity contribution in [1.82, 2.24) is 0 Å². The molecule has 55 heavy (non-hydrogen) atoms. The van der Waals surface area contributed by atoms with E-state index in [1.807, 2.05) is 121 Å². The minimum Gasteiger partial charge on any atom is -0.309 e. The van der Waals surface area contributed by atoms with Crippen molar-refractivity contribution in [1.29, 1.82) is 0 Å². The molecule has 0 bridgehead atoms. The molecule has 0 aromatic heterocycles. The first kappa shape index (κ1) is 36.4. The zero-order chi connectivity index (χ0) is 37.9. The van der Waals surface area contributed by atoms with Gasteiger partial charge in [0.1, 0.15) is 0 Å². The molecule has 8 aromatic rings. The van der Waals surface area contributed by atoms with Gasteiger partial charge in [0.25, 0.3) is 0 Å². The smallest absolute Gasteiger partial charge is 0.179 e. The van der Waals surface area contributed by atoms with Crippen molar-refractivity contribution >= 4 is 74.9 Å². The lowest BCUT2D eigenvalue weighted by atomic mass is 10.2. The summed E-state index contributed by atoms with van der Waals surface area (Å²) < 4.78 is 30.8. The number of benzene rings is 8. The van der Waals surface area contributed by atoms with Crippen molar-refractivity contribution in [3.63, 3.8) is 0 Å². The molecule has 0 fully saturated rings. The minimum atomic E-state index is -3.18. The van der Waals surface area contributed by atoms with Crippen LogP contribution in [0, 0.1) is 13.8 Å². The van der Waals surface area contributed by atoms with Crippen molar-refractivity contribution in [2.24, 2.45) is 0 Å². The third kappa shape index (κ3) is 6.53. The average molecular weight is 765 g/mol. The third-order valence-electron chi connectivity index (χ3n) is 10.8. The Balaban J connectivity index is 1.36. The predicted molar refractivity (Wildman–Crippen MR) is 238 cm³/mol. The van der Waals surface area contributed by atoms with Crippen LogP contribution in [-0.2, 0) is 9.13 Å². The molecule has 0 unspecified atom stereocenters. The fourth-order valence-corrected chi connectivity index (χ4v) is 17.9. The molecular weight excluding hydrogens is 723 g/mol. The molecule has 0 N–H and O–H groups in total. The maximum absolute atomic E-state index is 15.4. The first-order valence-corrected chi connectivity index (χ1v) is 24.0. The molecule has 2 nitrogen and oxygen atoms in total. The maximum atomic E-state index is 15.4. The van der Waals surface area contributed by atoms with E-state index in [1.165, 1.54) is 31.9 Å². The van der Waals surface area contributed by atoms with E-state index in [0.717, 1.165) is 31.8 Å². The van der Waals surface area contributed by atoms with Gasteiger partial charge in [-0.05, 0) is 34.6 Å². The quantitative estimate of drug-likeness (QED) is 0.0859. The van der Waals surface area contributed by atoms with Crippen LogP contribution < -0.4 is 52.6 Å². The molecule has 0 spiro atoms. The van der Waals surface area contributed by atoms with Crippen molar-refractivity contribution in [3.05, 3.63) is 230 Å². The van der Waals surface area contributed by atoms with Crippen molar-refractivity contribution < 1.29 is 9.13 Å². The first-order chi connectivity index (χ1) is 26.8. The summed E-state index contributed by atoms with van der Waals surface area (Å²) in [5.41, 5.74) is 2.39. The van der Waals surface area contributed by atoms with E-state index in [4.69, 9.17) is 0 Å². The molecule has 0 atom stereocenters. The zero-order valence-electron chi connectivity index (χ0n) is 31.0. The van der Waals surface area contributed by atoms with Crippen LogP contribution in [0.1, 0.15) is 11.1 Å². The van der Waals surface area contributed by atoms with Crippen LogP contribution in [0.25, 0.3) is 0 Å². The highest BCUT2D eigenvalue weighted by molar-refractivity contribution is 7.85. The van der Waals surface area contributed by atoms with Crippen LogP contribution >= 0.6 is 14.3 Å². The molecule has 0 aliphatic heterocycles. The Hall–Kier alpha value is -5.56. The number of hydrogen-bond acceptors (Lipinski definition) is 2. The van der Waals surface area contributed by atoms with Gasteiger partial charge in [-0.25, -0.2) is 0 Å². The summed E-state index contributed by atoms with van der Waals surface area (Å²) in [4.78, 5) is 0. The lowest BCUT2D eigenvalue weighted by Crippen LogP contribution is -2.74. The highest BCUT2D eigenvalue weighted by Gasteiger charge is 2.42. The Kier molecular flexibility index (Phi) is 10.1. The zero-order valence-corrected chi connectivity index (χ0v) is 33.8. The lowest BCUT2D eigenvalue weighted by Gasteiger charge is -2.35. The third-order valence-corrected chi connectivity index (χ3v) is 21.7. The van der Waals surface area contributed by atoms with Gasteiger partial charge in [0.05, 0.1) is 0 Å². The first-order valence-electron chi connectivity index (χ1n) is 18.6. The van der Waals surface area contributed by atoms with Crippen LogP contribution in [-0.4, -0.2) is 8.07 Å². The van der Waals surface area contributed by atoms with Gasteiger partial charge in [-0.1, -0.05) is 230 Å². The molecule has 0 radical (unpaired) electrons. The molecule has 0 aliphatic carbocycles. The summed E-state index contributed by atoms with van der Waals surface area (Å²) >= 11 is 0. The highest BCUT2D eigenvalue weighted by atomic mass is 31.2. The van der Waals surface area contributed by atoms with E-state index in [2.05, 4.69) is 111 Å². The predicted octanol–water partition coefficient (Wildman–Crippen LogP) is 6.96. The molecule has 8 aromatic carbocycles. The van der Waals surface area contributed by atoms with E-state index in [-0.39, 0.29) is 0 Å². The summed E-state index contributed by atoms with van der Waals surface area (Å²) in [5.74, 6) is 0. The monoisotopic (exact) mass is 764 g/mol. The summed E-state index contributed by atoms with van der Waals surface area (Å²) in [6, 6.07) is 74.5. The highest BCUT2D eigenvalue weighted by Crippen LogP contribution is 2.43. The van der Waals surface area contributed by atoms with E-state index in [9.17, 15) is 0 Å². The fraction of sp³-hybridized carbons (Fsp3) is 0.0400. The van der Waals surface area contributed by atoms with Crippen LogP contribution in [0.15, 0.2) is 218 Å². The number of rotatable bonds is 10. The molecule has 0 saturated carbocycles. The molecule has 0 amide bonds. The molecule has 0 saturated heterocycles. The fourth-order valence-electron chi connectivity index (χ4n) is 7.90. The molecule has 0 aliphatic rings. The average Bonchev–Trinajstić information content (AvgIpc) is 3.26. The lowest BCUT2D eigenvalue weighted by molar-refractivity contribution is 0.591. The van der Waals surface area contributed by atoms with Crippen molar-refractivity contribution in [3.8, 4) is 0 Å². The standard InChI is InChI=1S/C50H42O2P2Si/c1-39-23-31-47(32-24-39)55(48-33-25-40(2)26-34-48,49-35-27-45(28-36-49)53(51,41-15-7-3-8-16-41)42-17-9-4-10-18-42)50-37-29-46(30-38-50)54(52,43-19-11-5-12-20-43)44-21-13-6-14-22-44/h3-38H,1-2H3. The van der Waals surface area contributed by atoms with E-state index >= 15 is 9.13 Å². The molecule has 8 rings (SSSR count). The topological polar surface area (TPSA) is 34.1 Å². The Morgan fingerprint density at radius 3 is 0.709 bits per heavy atom. The second-order valence-electron chi connectivity index (χ2n) is 14.1. The molecular formula is C50H42O2P2Si. The van der Waals surface area contributed by atoms with Crippen LogP contribution in [0.4, 0.5) is 0 Å². The molecule has 268 valence electrons. The van der Waals surface area contributed by atoms with Crippen LogP contribution in [0.5, 0.6) is 0 Å². The van der Waals surface area contributed by atoms with Gasteiger partial charge in [0.15, 0.2) is 22.4 Å². The minimum absolute atomic E-state index is 0.798. The van der Waals surface area contributed by atoms with Gasteiger partial charge in [-0.2, -0.15) is 0 Å². The van der Waals surface area contributed by atoms with Crippen LogP contribution in [0.2, 0.25) is 0 Å². The Bertz CT molecular complexity index is 2340. The van der Waals surface area contributed by atoms with Gasteiger partial charge in [-0.15, -0.1) is 0 Å².